The number of benzene rings is 1. The van der Waals surface area contributed by atoms with Gasteiger partial charge in [-0.2, -0.15) is 0 Å². The van der Waals surface area contributed by atoms with Gasteiger partial charge >= 0.3 is 0 Å². The maximum absolute atomic E-state index is 12.9. The molecule has 0 aromatic heterocycles. The fraction of sp³-hybridized carbons (Fsp3) is 0.640. The zero-order chi connectivity index (χ0) is 18.9. The Kier molecular flexibility index (Phi) is 5.43. The molecule has 1 aromatic rings. The van der Waals surface area contributed by atoms with Crippen LogP contribution in [0.25, 0.3) is 0 Å². The predicted molar refractivity (Wildman–Crippen MR) is 112 cm³/mol. The van der Waals surface area contributed by atoms with Crippen LogP contribution >= 0.6 is 0 Å². The standard InChI is InChI=1S/C25H35NO/c1-3-4-5-8-17-26-24(27)23-14-13-22-21-12-11-18-9-6-7-10-19(18)20(21)15-16-25(22,23)2/h6-7,9-10,14,20-22H,3-5,8,11-13,15-17H2,1-2H3,(H,26,27)/t20-,21-,22+,25+/m1/s1. The van der Waals surface area contributed by atoms with E-state index in [2.05, 4.69) is 49.5 Å². The van der Waals surface area contributed by atoms with Crippen molar-refractivity contribution in [3.8, 4) is 0 Å². The van der Waals surface area contributed by atoms with E-state index in [4.69, 9.17) is 0 Å². The third-order valence-corrected chi connectivity index (χ3v) is 7.78. The van der Waals surface area contributed by atoms with E-state index in [1.54, 1.807) is 11.1 Å². The first-order valence-electron chi connectivity index (χ1n) is 11.2. The number of carbonyl (C=O) groups is 1. The second-order valence-corrected chi connectivity index (χ2v) is 9.24. The molecule has 0 bridgehead atoms. The van der Waals surface area contributed by atoms with Crippen LogP contribution in [0.1, 0.15) is 82.3 Å². The predicted octanol–water partition coefficient (Wildman–Crippen LogP) is 5.78. The molecule has 0 unspecified atom stereocenters. The number of fused-ring (bicyclic) bond motifs is 5. The fourth-order valence-corrected chi connectivity index (χ4v) is 6.29. The molecular formula is C25H35NO. The van der Waals surface area contributed by atoms with Gasteiger partial charge in [0.1, 0.15) is 0 Å². The average molecular weight is 366 g/mol. The summed E-state index contributed by atoms with van der Waals surface area (Å²) in [5, 5.41) is 3.22. The SMILES string of the molecule is CCCCCCNC(=O)C1=CC[C@H]2[C@@H]3CCc4ccccc4[C@H]3CC[C@]12C. The molecule has 27 heavy (non-hydrogen) atoms. The van der Waals surface area contributed by atoms with Crippen molar-refractivity contribution in [3.05, 3.63) is 47.0 Å². The van der Waals surface area contributed by atoms with Crippen LogP contribution in [0.3, 0.4) is 0 Å². The Morgan fingerprint density at radius 3 is 2.89 bits per heavy atom. The molecule has 146 valence electrons. The third kappa shape index (κ3) is 3.37. The van der Waals surface area contributed by atoms with Crippen molar-refractivity contribution in [1.29, 1.82) is 0 Å². The Morgan fingerprint density at radius 2 is 2.04 bits per heavy atom. The molecule has 0 heterocycles. The Balaban J connectivity index is 1.44. The van der Waals surface area contributed by atoms with Gasteiger partial charge in [0.25, 0.3) is 0 Å². The van der Waals surface area contributed by atoms with Crippen molar-refractivity contribution < 1.29 is 4.79 Å². The highest BCUT2D eigenvalue weighted by Crippen LogP contribution is 2.60. The molecule has 1 aromatic carbocycles. The Morgan fingerprint density at radius 1 is 1.19 bits per heavy atom. The first kappa shape index (κ1) is 18.8. The number of aryl methyl sites for hydroxylation is 1. The van der Waals surface area contributed by atoms with Gasteiger partial charge in [0, 0.05) is 17.5 Å². The van der Waals surface area contributed by atoms with Crippen molar-refractivity contribution in [2.45, 2.75) is 77.6 Å². The summed E-state index contributed by atoms with van der Waals surface area (Å²) in [5.41, 5.74) is 4.35. The van der Waals surface area contributed by atoms with E-state index < -0.39 is 0 Å². The highest BCUT2D eigenvalue weighted by Gasteiger charge is 2.53. The van der Waals surface area contributed by atoms with Crippen molar-refractivity contribution in [2.75, 3.05) is 6.54 Å². The smallest absolute Gasteiger partial charge is 0.247 e. The highest BCUT2D eigenvalue weighted by molar-refractivity contribution is 5.95. The lowest BCUT2D eigenvalue weighted by Crippen LogP contribution is -2.44. The Labute approximate surface area is 164 Å². The molecule has 2 nitrogen and oxygen atoms in total. The van der Waals surface area contributed by atoms with Crippen LogP contribution < -0.4 is 5.32 Å². The van der Waals surface area contributed by atoms with E-state index in [-0.39, 0.29) is 11.3 Å². The lowest BCUT2D eigenvalue weighted by molar-refractivity contribution is -0.119. The number of nitrogens with one attached hydrogen (secondary N) is 1. The number of allylic oxidation sites excluding steroid dienone is 1. The van der Waals surface area contributed by atoms with Crippen LogP contribution in [0.15, 0.2) is 35.9 Å². The molecule has 2 heteroatoms. The summed E-state index contributed by atoms with van der Waals surface area (Å²) < 4.78 is 0. The van der Waals surface area contributed by atoms with Gasteiger partial charge in [0.15, 0.2) is 0 Å². The minimum absolute atomic E-state index is 0.0843. The van der Waals surface area contributed by atoms with Gasteiger partial charge in [-0.15, -0.1) is 0 Å². The number of unbranched alkanes of at least 4 members (excludes halogenated alkanes) is 3. The number of hydrogen-bond donors (Lipinski definition) is 1. The van der Waals surface area contributed by atoms with E-state index in [9.17, 15) is 4.79 Å². The molecule has 1 N–H and O–H groups in total. The molecule has 3 aliphatic carbocycles. The van der Waals surface area contributed by atoms with Crippen molar-refractivity contribution in [3.63, 3.8) is 0 Å². The van der Waals surface area contributed by atoms with E-state index in [0.717, 1.165) is 37.3 Å². The summed E-state index contributed by atoms with van der Waals surface area (Å²) in [6, 6.07) is 9.08. The van der Waals surface area contributed by atoms with Gasteiger partial charge in [-0.1, -0.05) is 63.5 Å². The van der Waals surface area contributed by atoms with E-state index in [1.807, 2.05) is 0 Å². The third-order valence-electron chi connectivity index (χ3n) is 7.78. The maximum Gasteiger partial charge on any atom is 0.247 e. The normalized spacial score (nSPS) is 31.5. The highest BCUT2D eigenvalue weighted by atomic mass is 16.1. The molecule has 0 spiro atoms. The quantitative estimate of drug-likeness (QED) is 0.637. The van der Waals surface area contributed by atoms with Gasteiger partial charge in [0.2, 0.25) is 5.91 Å². The lowest BCUT2D eigenvalue weighted by Gasteiger charge is -2.50. The van der Waals surface area contributed by atoms with E-state index >= 15 is 0 Å². The first-order chi connectivity index (χ1) is 13.1. The Bertz CT molecular complexity index is 721. The molecule has 1 fully saturated rings. The van der Waals surface area contributed by atoms with Gasteiger partial charge in [-0.05, 0) is 67.4 Å². The monoisotopic (exact) mass is 365 g/mol. The Hall–Kier alpha value is -1.57. The molecule has 0 saturated heterocycles. The van der Waals surface area contributed by atoms with Crippen molar-refractivity contribution >= 4 is 5.91 Å². The zero-order valence-corrected chi connectivity index (χ0v) is 17.1. The summed E-state index contributed by atoms with van der Waals surface area (Å²) in [6.07, 6.45) is 13.1. The topological polar surface area (TPSA) is 29.1 Å². The second kappa shape index (κ2) is 7.81. The number of carbonyl (C=O) groups excluding carboxylic acids is 1. The maximum atomic E-state index is 12.9. The van der Waals surface area contributed by atoms with Crippen LogP contribution in [0.2, 0.25) is 0 Å². The number of amides is 1. The molecular weight excluding hydrogens is 330 g/mol. The lowest BCUT2D eigenvalue weighted by atomic mass is 9.54. The summed E-state index contributed by atoms with van der Waals surface area (Å²) in [5.74, 6) is 2.30. The van der Waals surface area contributed by atoms with E-state index in [1.165, 1.54) is 38.5 Å². The van der Waals surface area contributed by atoms with Crippen LogP contribution in [0.4, 0.5) is 0 Å². The molecule has 3 aliphatic rings. The molecule has 4 atom stereocenters. The fourth-order valence-electron chi connectivity index (χ4n) is 6.29. The minimum atomic E-state index is 0.0843. The molecule has 1 saturated carbocycles. The van der Waals surface area contributed by atoms with Crippen molar-refractivity contribution in [1.82, 2.24) is 5.32 Å². The van der Waals surface area contributed by atoms with Crippen LogP contribution in [-0.2, 0) is 11.2 Å². The summed E-state index contributed by atoms with van der Waals surface area (Å²) in [7, 11) is 0. The first-order valence-corrected chi connectivity index (χ1v) is 11.2. The van der Waals surface area contributed by atoms with Gasteiger partial charge < -0.3 is 5.32 Å². The van der Waals surface area contributed by atoms with Gasteiger partial charge in [0.05, 0.1) is 0 Å². The molecule has 4 rings (SSSR count). The number of hydrogen-bond acceptors (Lipinski definition) is 1. The second-order valence-electron chi connectivity index (χ2n) is 9.24. The number of rotatable bonds is 6. The van der Waals surface area contributed by atoms with Crippen LogP contribution in [0, 0.1) is 17.3 Å². The summed E-state index contributed by atoms with van der Waals surface area (Å²) in [4.78, 5) is 12.9. The minimum Gasteiger partial charge on any atom is -0.352 e. The van der Waals surface area contributed by atoms with Crippen molar-refractivity contribution in [2.24, 2.45) is 17.3 Å². The average Bonchev–Trinajstić information content (AvgIpc) is 3.05. The zero-order valence-electron chi connectivity index (χ0n) is 17.1. The van der Waals surface area contributed by atoms with Crippen LogP contribution in [-0.4, -0.2) is 12.5 Å². The van der Waals surface area contributed by atoms with Gasteiger partial charge in [-0.3, -0.25) is 4.79 Å². The molecule has 0 radical (unpaired) electrons. The van der Waals surface area contributed by atoms with E-state index in [0.29, 0.717) is 11.8 Å². The summed E-state index contributed by atoms with van der Waals surface area (Å²) in [6.45, 7) is 5.43. The molecule has 1 amide bonds. The largest absolute Gasteiger partial charge is 0.352 e. The summed E-state index contributed by atoms with van der Waals surface area (Å²) >= 11 is 0. The molecule has 0 aliphatic heterocycles. The van der Waals surface area contributed by atoms with Crippen LogP contribution in [0.5, 0.6) is 0 Å². The van der Waals surface area contributed by atoms with Gasteiger partial charge in [-0.25, -0.2) is 0 Å².